The molecule has 1 heterocycles. The number of fused-ring (bicyclic) bond motifs is 2. The van der Waals surface area contributed by atoms with E-state index in [-0.39, 0.29) is 23.9 Å². The Kier molecular flexibility index (Phi) is 5.89. The number of anilines is 1. The molecule has 0 atom stereocenters. The van der Waals surface area contributed by atoms with Gasteiger partial charge in [-0.3, -0.25) is 14.3 Å². The number of amides is 1. The number of benzene rings is 4. The second-order valence-corrected chi connectivity index (χ2v) is 8.31. The molecule has 5 aromatic rings. The first-order valence-corrected chi connectivity index (χ1v) is 10.9. The Morgan fingerprint density at radius 1 is 0.861 bits per heavy atom. The molecule has 0 unspecified atom stereocenters. The van der Waals surface area contributed by atoms with E-state index in [2.05, 4.69) is 10.4 Å². The molecule has 0 radical (unpaired) electrons. The standard InChI is InChI=1S/C27H18F3N3O3/c28-18-5-8-21-24(13-26(34)35)32-33(25(21)12-18)14-15-1-6-20(7-2-15)31-27(36)17-4-3-16-9-19(29)11-23(30)22(16)10-17/h1-12H,13-14H2,(H,31,36)(H,34,35). The van der Waals surface area contributed by atoms with Crippen LogP contribution >= 0.6 is 0 Å². The van der Waals surface area contributed by atoms with Crippen molar-refractivity contribution in [1.29, 1.82) is 0 Å². The molecule has 9 heteroatoms. The molecule has 2 N–H and O–H groups in total. The van der Waals surface area contributed by atoms with Gasteiger partial charge in [0.25, 0.3) is 5.91 Å². The Morgan fingerprint density at radius 2 is 1.64 bits per heavy atom. The molecule has 0 bridgehead atoms. The van der Waals surface area contributed by atoms with E-state index in [1.165, 1.54) is 47.1 Å². The fraction of sp³-hybridized carbons (Fsp3) is 0.0741. The van der Waals surface area contributed by atoms with Crippen molar-refractivity contribution in [2.75, 3.05) is 5.32 Å². The van der Waals surface area contributed by atoms with Crippen LogP contribution in [0, 0.1) is 17.5 Å². The largest absolute Gasteiger partial charge is 0.481 e. The number of carboxylic acids is 1. The zero-order chi connectivity index (χ0) is 25.4. The summed E-state index contributed by atoms with van der Waals surface area (Å²) < 4.78 is 42.9. The lowest BCUT2D eigenvalue weighted by atomic mass is 10.1. The minimum atomic E-state index is -1.03. The maximum absolute atomic E-state index is 14.1. The number of halogens is 3. The van der Waals surface area contributed by atoms with E-state index < -0.39 is 29.3 Å². The predicted octanol–water partition coefficient (Wildman–Crippen LogP) is 5.53. The molecule has 0 saturated carbocycles. The number of carbonyl (C=O) groups excluding carboxylic acids is 1. The second kappa shape index (κ2) is 9.18. The van der Waals surface area contributed by atoms with Crippen molar-refractivity contribution in [1.82, 2.24) is 9.78 Å². The third-order valence-corrected chi connectivity index (χ3v) is 5.78. The second-order valence-electron chi connectivity index (χ2n) is 8.31. The summed E-state index contributed by atoms with van der Waals surface area (Å²) in [5.41, 5.74) is 2.32. The maximum atomic E-state index is 14.1. The summed E-state index contributed by atoms with van der Waals surface area (Å²) in [5.74, 6) is -3.39. The molecule has 0 aliphatic rings. The number of hydrogen-bond acceptors (Lipinski definition) is 3. The highest BCUT2D eigenvalue weighted by molar-refractivity contribution is 6.06. The summed E-state index contributed by atoms with van der Waals surface area (Å²) in [6.45, 7) is 0.258. The lowest BCUT2D eigenvalue weighted by Gasteiger charge is -2.09. The maximum Gasteiger partial charge on any atom is 0.309 e. The van der Waals surface area contributed by atoms with Crippen molar-refractivity contribution in [2.45, 2.75) is 13.0 Å². The summed E-state index contributed by atoms with van der Waals surface area (Å²) >= 11 is 0. The molecule has 5 rings (SSSR count). The SMILES string of the molecule is O=C(O)Cc1nn(Cc2ccc(NC(=O)c3ccc4cc(F)cc(F)c4c3)cc2)c2cc(F)ccc12. The molecule has 0 aliphatic carbocycles. The quantitative estimate of drug-likeness (QED) is 0.328. The predicted molar refractivity (Wildman–Crippen MR) is 128 cm³/mol. The monoisotopic (exact) mass is 489 g/mol. The fourth-order valence-electron chi connectivity index (χ4n) is 4.10. The minimum absolute atomic E-state index is 0.143. The zero-order valence-corrected chi connectivity index (χ0v) is 18.6. The van der Waals surface area contributed by atoms with Crippen LogP contribution < -0.4 is 5.32 Å². The van der Waals surface area contributed by atoms with Gasteiger partial charge in [-0.05, 0) is 59.5 Å². The van der Waals surface area contributed by atoms with Gasteiger partial charge in [-0.1, -0.05) is 18.2 Å². The third kappa shape index (κ3) is 4.63. The summed E-state index contributed by atoms with van der Waals surface area (Å²) in [7, 11) is 0. The van der Waals surface area contributed by atoms with Crippen LogP contribution in [0.15, 0.2) is 72.8 Å². The van der Waals surface area contributed by atoms with E-state index in [4.69, 9.17) is 5.11 Å². The van der Waals surface area contributed by atoms with E-state index in [0.29, 0.717) is 27.7 Å². The first-order valence-electron chi connectivity index (χ1n) is 10.9. The van der Waals surface area contributed by atoms with Crippen LogP contribution in [-0.2, 0) is 17.8 Å². The van der Waals surface area contributed by atoms with Gasteiger partial charge in [0.15, 0.2) is 0 Å². The number of nitrogens with zero attached hydrogens (tertiary/aromatic N) is 2. The van der Waals surface area contributed by atoms with Gasteiger partial charge in [0.05, 0.1) is 24.2 Å². The van der Waals surface area contributed by atoms with Crippen LogP contribution in [0.4, 0.5) is 18.9 Å². The smallest absolute Gasteiger partial charge is 0.309 e. The molecule has 0 fully saturated rings. The van der Waals surface area contributed by atoms with Gasteiger partial charge in [-0.15, -0.1) is 0 Å². The van der Waals surface area contributed by atoms with Crippen LogP contribution in [0.1, 0.15) is 21.6 Å². The van der Waals surface area contributed by atoms with Gasteiger partial charge < -0.3 is 10.4 Å². The first kappa shape index (κ1) is 23.1. The van der Waals surface area contributed by atoms with Gasteiger partial charge in [0.1, 0.15) is 17.5 Å². The van der Waals surface area contributed by atoms with Gasteiger partial charge in [-0.25, -0.2) is 13.2 Å². The Bertz CT molecular complexity index is 1650. The summed E-state index contributed by atoms with van der Waals surface area (Å²) in [5, 5.41) is 17.3. The normalized spacial score (nSPS) is 11.2. The van der Waals surface area contributed by atoms with Crippen molar-refractivity contribution in [3.8, 4) is 0 Å². The number of hydrogen-bond donors (Lipinski definition) is 2. The molecule has 4 aromatic carbocycles. The van der Waals surface area contributed by atoms with Crippen molar-refractivity contribution in [3.63, 3.8) is 0 Å². The molecule has 0 spiro atoms. The number of aromatic nitrogens is 2. The van der Waals surface area contributed by atoms with Crippen molar-refractivity contribution < 1.29 is 27.9 Å². The van der Waals surface area contributed by atoms with Gasteiger partial charge >= 0.3 is 5.97 Å². The minimum Gasteiger partial charge on any atom is -0.481 e. The summed E-state index contributed by atoms with van der Waals surface area (Å²) in [6.07, 6.45) is -0.284. The van der Waals surface area contributed by atoms with E-state index in [1.807, 2.05) is 0 Å². The van der Waals surface area contributed by atoms with Crippen molar-refractivity contribution in [3.05, 3.63) is 107 Å². The number of rotatable bonds is 6. The Morgan fingerprint density at radius 3 is 2.39 bits per heavy atom. The number of carboxylic acid groups (broad SMARTS) is 1. The summed E-state index contributed by atoms with van der Waals surface area (Å²) in [6, 6.07) is 17.2. The van der Waals surface area contributed by atoms with Crippen LogP contribution in [-0.4, -0.2) is 26.8 Å². The molecule has 0 aliphatic heterocycles. The highest BCUT2D eigenvalue weighted by atomic mass is 19.1. The van der Waals surface area contributed by atoms with E-state index >= 15 is 0 Å². The Hall–Kier alpha value is -4.66. The molecular formula is C27H18F3N3O3. The molecule has 1 aromatic heterocycles. The van der Waals surface area contributed by atoms with Crippen LogP contribution in [0.25, 0.3) is 21.7 Å². The molecule has 180 valence electrons. The van der Waals surface area contributed by atoms with Crippen molar-refractivity contribution >= 4 is 39.2 Å². The average molecular weight is 489 g/mol. The summed E-state index contributed by atoms with van der Waals surface area (Å²) in [4.78, 5) is 23.9. The van der Waals surface area contributed by atoms with Crippen LogP contribution in [0.5, 0.6) is 0 Å². The topological polar surface area (TPSA) is 84.2 Å². The lowest BCUT2D eigenvalue weighted by molar-refractivity contribution is -0.136. The van der Waals surface area contributed by atoms with Crippen LogP contribution in [0.3, 0.4) is 0 Å². The van der Waals surface area contributed by atoms with Gasteiger partial charge in [0.2, 0.25) is 0 Å². The lowest BCUT2D eigenvalue weighted by Crippen LogP contribution is -2.12. The first-order chi connectivity index (χ1) is 17.3. The molecular weight excluding hydrogens is 471 g/mol. The Labute approximate surface area is 202 Å². The molecule has 0 saturated heterocycles. The van der Waals surface area contributed by atoms with Gasteiger partial charge in [0, 0.05) is 28.1 Å². The Balaban J connectivity index is 1.34. The zero-order valence-electron chi connectivity index (χ0n) is 18.6. The third-order valence-electron chi connectivity index (χ3n) is 5.78. The molecule has 1 amide bonds. The van der Waals surface area contributed by atoms with E-state index in [0.717, 1.165) is 11.6 Å². The van der Waals surface area contributed by atoms with E-state index in [9.17, 15) is 22.8 Å². The number of nitrogens with one attached hydrogen (secondary N) is 1. The van der Waals surface area contributed by atoms with Gasteiger partial charge in [-0.2, -0.15) is 5.10 Å². The molecule has 6 nitrogen and oxygen atoms in total. The number of aliphatic carboxylic acids is 1. The van der Waals surface area contributed by atoms with Crippen molar-refractivity contribution in [2.24, 2.45) is 0 Å². The highest BCUT2D eigenvalue weighted by Crippen LogP contribution is 2.24. The number of carbonyl (C=O) groups is 2. The molecule has 36 heavy (non-hydrogen) atoms. The fourth-order valence-corrected chi connectivity index (χ4v) is 4.10. The van der Waals surface area contributed by atoms with E-state index in [1.54, 1.807) is 24.3 Å². The highest BCUT2D eigenvalue weighted by Gasteiger charge is 2.15. The van der Waals surface area contributed by atoms with Crippen LogP contribution in [0.2, 0.25) is 0 Å². The average Bonchev–Trinajstić information content (AvgIpc) is 3.15.